The second kappa shape index (κ2) is 4.87. The smallest absolute Gasteiger partial charge is 0.224 e. The Balaban J connectivity index is 2.12. The van der Waals surface area contributed by atoms with Crippen LogP contribution in [0.15, 0.2) is 6.20 Å². The van der Waals surface area contributed by atoms with Gasteiger partial charge in [0.1, 0.15) is 5.02 Å². The van der Waals surface area contributed by atoms with Gasteiger partial charge in [0, 0.05) is 20.1 Å². The fourth-order valence-electron chi connectivity index (χ4n) is 1.64. The van der Waals surface area contributed by atoms with E-state index in [4.69, 9.17) is 11.6 Å². The van der Waals surface area contributed by atoms with Crippen molar-refractivity contribution in [3.05, 3.63) is 11.2 Å². The summed E-state index contributed by atoms with van der Waals surface area (Å²) in [6, 6.07) is 0. The van der Waals surface area contributed by atoms with Gasteiger partial charge >= 0.3 is 0 Å². The Hall–Kier alpha value is -1.03. The van der Waals surface area contributed by atoms with Gasteiger partial charge in [-0.3, -0.25) is 0 Å². The van der Waals surface area contributed by atoms with Crippen molar-refractivity contribution in [2.24, 2.45) is 5.92 Å². The van der Waals surface area contributed by atoms with Crippen LogP contribution in [0.5, 0.6) is 0 Å². The summed E-state index contributed by atoms with van der Waals surface area (Å²) in [5.41, 5.74) is 0. The molecule has 0 spiro atoms. The third kappa shape index (κ3) is 2.76. The molecule has 0 bridgehead atoms. The van der Waals surface area contributed by atoms with Crippen LogP contribution < -0.4 is 10.2 Å². The van der Waals surface area contributed by atoms with E-state index in [1.807, 2.05) is 14.0 Å². The van der Waals surface area contributed by atoms with Gasteiger partial charge in [0.25, 0.3) is 0 Å². The molecular weight excluding hydrogens is 224 g/mol. The molecule has 5 heteroatoms. The number of aromatic nitrogens is 2. The zero-order chi connectivity index (χ0) is 11.5. The summed E-state index contributed by atoms with van der Waals surface area (Å²) in [5, 5.41) is 3.71. The van der Waals surface area contributed by atoms with Crippen LogP contribution in [0.4, 0.5) is 11.8 Å². The molecule has 0 aliphatic heterocycles. The van der Waals surface area contributed by atoms with Gasteiger partial charge in [-0.1, -0.05) is 11.6 Å². The summed E-state index contributed by atoms with van der Waals surface area (Å²) >= 11 is 6.10. The van der Waals surface area contributed by atoms with Crippen molar-refractivity contribution >= 4 is 23.4 Å². The summed E-state index contributed by atoms with van der Waals surface area (Å²) in [7, 11) is 2.03. The number of halogens is 1. The van der Waals surface area contributed by atoms with E-state index in [1.54, 1.807) is 6.20 Å². The third-order valence-electron chi connectivity index (χ3n) is 2.65. The van der Waals surface area contributed by atoms with Gasteiger partial charge in [-0.25, -0.2) is 4.98 Å². The molecular formula is C11H17ClN4. The van der Waals surface area contributed by atoms with Gasteiger partial charge < -0.3 is 10.2 Å². The monoisotopic (exact) mass is 240 g/mol. The van der Waals surface area contributed by atoms with Crippen molar-refractivity contribution in [1.82, 2.24) is 9.97 Å². The molecule has 0 unspecified atom stereocenters. The van der Waals surface area contributed by atoms with Gasteiger partial charge in [-0.15, -0.1) is 0 Å². The van der Waals surface area contributed by atoms with E-state index in [9.17, 15) is 0 Å². The summed E-state index contributed by atoms with van der Waals surface area (Å²) in [6.07, 6.45) is 4.31. The van der Waals surface area contributed by atoms with E-state index >= 15 is 0 Å². The topological polar surface area (TPSA) is 41.1 Å². The lowest BCUT2D eigenvalue weighted by Gasteiger charge is -2.19. The highest BCUT2D eigenvalue weighted by molar-refractivity contribution is 6.32. The standard InChI is InChI=1S/C11H17ClN4/c1-3-13-11-14-6-9(12)10(15-11)16(2)7-8-4-5-8/h6,8H,3-5,7H2,1-2H3,(H,13,14,15). The van der Waals surface area contributed by atoms with Crippen LogP contribution in [0.25, 0.3) is 0 Å². The van der Waals surface area contributed by atoms with Crippen molar-refractivity contribution < 1.29 is 0 Å². The average Bonchev–Trinajstić information content (AvgIpc) is 3.05. The lowest BCUT2D eigenvalue weighted by Crippen LogP contribution is -2.22. The van der Waals surface area contributed by atoms with Gasteiger partial charge in [0.05, 0.1) is 6.20 Å². The van der Waals surface area contributed by atoms with Crippen molar-refractivity contribution in [1.29, 1.82) is 0 Å². The molecule has 2 rings (SSSR count). The van der Waals surface area contributed by atoms with E-state index in [2.05, 4.69) is 20.2 Å². The van der Waals surface area contributed by atoms with E-state index in [0.29, 0.717) is 11.0 Å². The van der Waals surface area contributed by atoms with Crippen LogP contribution in [0, 0.1) is 5.92 Å². The molecule has 1 aromatic rings. The first-order valence-corrected chi connectivity index (χ1v) is 6.06. The minimum Gasteiger partial charge on any atom is -0.358 e. The lowest BCUT2D eigenvalue weighted by atomic mass is 10.4. The van der Waals surface area contributed by atoms with E-state index in [-0.39, 0.29) is 0 Å². The van der Waals surface area contributed by atoms with Crippen molar-refractivity contribution in [2.75, 3.05) is 30.4 Å². The van der Waals surface area contributed by atoms with Crippen LogP contribution in [0.1, 0.15) is 19.8 Å². The molecule has 1 fully saturated rings. The van der Waals surface area contributed by atoms with Crippen LogP contribution >= 0.6 is 11.6 Å². The minimum atomic E-state index is 0.616. The molecule has 1 aromatic heterocycles. The Morgan fingerprint density at radius 2 is 2.31 bits per heavy atom. The molecule has 16 heavy (non-hydrogen) atoms. The van der Waals surface area contributed by atoms with Gasteiger partial charge in [-0.2, -0.15) is 4.98 Å². The molecule has 1 saturated carbocycles. The largest absolute Gasteiger partial charge is 0.358 e. The molecule has 0 radical (unpaired) electrons. The maximum Gasteiger partial charge on any atom is 0.224 e. The maximum atomic E-state index is 6.10. The Bertz CT molecular complexity index is 365. The number of nitrogens with one attached hydrogen (secondary N) is 1. The molecule has 1 aliphatic rings. The zero-order valence-corrected chi connectivity index (χ0v) is 10.5. The number of hydrogen-bond donors (Lipinski definition) is 1. The van der Waals surface area contributed by atoms with Gasteiger partial charge in [0.2, 0.25) is 5.95 Å². The highest BCUT2D eigenvalue weighted by Crippen LogP contribution is 2.32. The molecule has 1 N–H and O–H groups in total. The van der Waals surface area contributed by atoms with E-state index in [1.165, 1.54) is 12.8 Å². The fraction of sp³-hybridized carbons (Fsp3) is 0.636. The Morgan fingerprint density at radius 1 is 1.56 bits per heavy atom. The summed E-state index contributed by atoms with van der Waals surface area (Å²) < 4.78 is 0. The summed E-state index contributed by atoms with van der Waals surface area (Å²) in [4.78, 5) is 10.7. The van der Waals surface area contributed by atoms with Crippen LogP contribution in [0.2, 0.25) is 5.02 Å². The first-order valence-electron chi connectivity index (χ1n) is 5.68. The molecule has 0 aromatic carbocycles. The van der Waals surface area contributed by atoms with Gasteiger partial charge in [-0.05, 0) is 25.7 Å². The average molecular weight is 241 g/mol. The van der Waals surface area contributed by atoms with Gasteiger partial charge in [0.15, 0.2) is 5.82 Å². The quantitative estimate of drug-likeness (QED) is 0.858. The first kappa shape index (κ1) is 11.5. The number of nitrogens with zero attached hydrogens (tertiary/aromatic N) is 3. The van der Waals surface area contributed by atoms with E-state index in [0.717, 1.165) is 24.8 Å². The summed E-state index contributed by atoms with van der Waals surface area (Å²) in [6.45, 7) is 3.86. The second-order valence-corrected chi connectivity index (χ2v) is 4.63. The molecule has 1 aliphatic carbocycles. The zero-order valence-electron chi connectivity index (χ0n) is 9.70. The maximum absolute atomic E-state index is 6.10. The Kier molecular flexibility index (Phi) is 3.49. The molecule has 1 heterocycles. The van der Waals surface area contributed by atoms with Crippen LogP contribution in [-0.4, -0.2) is 30.1 Å². The number of rotatable bonds is 5. The highest BCUT2D eigenvalue weighted by atomic mass is 35.5. The Morgan fingerprint density at radius 3 is 2.94 bits per heavy atom. The summed E-state index contributed by atoms with van der Waals surface area (Å²) in [5.74, 6) is 2.28. The van der Waals surface area contributed by atoms with Crippen LogP contribution in [0.3, 0.4) is 0 Å². The predicted octanol–water partition coefficient (Wildman–Crippen LogP) is 2.41. The number of anilines is 2. The highest BCUT2D eigenvalue weighted by Gasteiger charge is 2.24. The van der Waals surface area contributed by atoms with Crippen molar-refractivity contribution in [3.8, 4) is 0 Å². The molecule has 0 amide bonds. The number of hydrogen-bond acceptors (Lipinski definition) is 4. The molecule has 4 nitrogen and oxygen atoms in total. The molecule has 0 atom stereocenters. The Labute approximate surface area is 101 Å². The fourth-order valence-corrected chi connectivity index (χ4v) is 1.88. The third-order valence-corrected chi connectivity index (χ3v) is 2.92. The van der Waals surface area contributed by atoms with Crippen LogP contribution in [-0.2, 0) is 0 Å². The van der Waals surface area contributed by atoms with Crippen molar-refractivity contribution in [3.63, 3.8) is 0 Å². The first-order chi connectivity index (χ1) is 7.70. The molecule has 88 valence electrons. The lowest BCUT2D eigenvalue weighted by molar-refractivity contribution is 0.776. The minimum absolute atomic E-state index is 0.616. The molecule has 0 saturated heterocycles. The SMILES string of the molecule is CCNc1ncc(Cl)c(N(C)CC2CC2)n1. The second-order valence-electron chi connectivity index (χ2n) is 4.22. The predicted molar refractivity (Wildman–Crippen MR) is 67.2 cm³/mol. The normalized spacial score (nSPS) is 14.9. The van der Waals surface area contributed by atoms with Crippen molar-refractivity contribution in [2.45, 2.75) is 19.8 Å². The van der Waals surface area contributed by atoms with E-state index < -0.39 is 0 Å².